The molecule has 1 aromatic carbocycles. The average molecular weight is 323 g/mol. The molecule has 0 aliphatic rings. The van der Waals surface area contributed by atoms with Crippen LogP contribution in [0.2, 0.25) is 0 Å². The minimum Gasteiger partial charge on any atom is -0.325 e. The molecule has 1 aromatic heterocycles. The van der Waals surface area contributed by atoms with E-state index in [2.05, 4.69) is 10.3 Å². The van der Waals surface area contributed by atoms with E-state index in [1.165, 1.54) is 29.2 Å². The molecule has 6 nitrogen and oxygen atoms in total. The summed E-state index contributed by atoms with van der Waals surface area (Å²) in [7, 11) is 0. The van der Waals surface area contributed by atoms with Crippen LogP contribution in [0.5, 0.6) is 0 Å². The molecule has 8 heteroatoms. The molecule has 0 fully saturated rings. The summed E-state index contributed by atoms with van der Waals surface area (Å²) in [5, 5.41) is 15.5. The van der Waals surface area contributed by atoms with Gasteiger partial charge in [-0.2, -0.15) is 0 Å². The van der Waals surface area contributed by atoms with Crippen LogP contribution < -0.4 is 5.32 Å². The third kappa shape index (κ3) is 4.02. The highest BCUT2D eigenvalue weighted by Crippen LogP contribution is 2.26. The SMILES string of the molecule is Cc1csc(SCC(=O)Nc2cccc([N+](=O)[O-])c2C)n1. The minimum atomic E-state index is -0.460. The molecular weight excluding hydrogens is 310 g/mol. The van der Waals surface area contributed by atoms with E-state index < -0.39 is 4.92 Å². The molecule has 0 spiro atoms. The van der Waals surface area contributed by atoms with Crippen LogP contribution in [0.25, 0.3) is 0 Å². The molecule has 0 atom stereocenters. The van der Waals surface area contributed by atoms with Crippen molar-refractivity contribution in [2.24, 2.45) is 0 Å². The number of thiazole rings is 1. The number of carbonyl (C=O) groups is 1. The molecule has 1 N–H and O–H groups in total. The topological polar surface area (TPSA) is 85.1 Å². The van der Waals surface area contributed by atoms with Gasteiger partial charge in [-0.15, -0.1) is 11.3 Å². The van der Waals surface area contributed by atoms with Crippen LogP contribution in [0.15, 0.2) is 27.9 Å². The van der Waals surface area contributed by atoms with Crippen LogP contribution in [0, 0.1) is 24.0 Å². The minimum absolute atomic E-state index is 0.00370. The fourth-order valence-electron chi connectivity index (χ4n) is 1.67. The van der Waals surface area contributed by atoms with Gasteiger partial charge in [-0.3, -0.25) is 14.9 Å². The van der Waals surface area contributed by atoms with Crippen molar-refractivity contribution in [1.82, 2.24) is 4.98 Å². The first-order valence-corrected chi connectivity index (χ1v) is 7.92. The number of aromatic nitrogens is 1. The van der Waals surface area contributed by atoms with E-state index in [0.29, 0.717) is 11.3 Å². The van der Waals surface area contributed by atoms with Crippen molar-refractivity contribution in [3.05, 3.63) is 45.0 Å². The second-order valence-corrected chi connectivity index (χ2v) is 6.38. The molecule has 0 aliphatic heterocycles. The van der Waals surface area contributed by atoms with E-state index in [-0.39, 0.29) is 17.3 Å². The molecule has 2 aromatic rings. The van der Waals surface area contributed by atoms with Gasteiger partial charge >= 0.3 is 0 Å². The second kappa shape index (κ2) is 6.68. The molecule has 110 valence electrons. The third-order valence-electron chi connectivity index (χ3n) is 2.70. The molecular formula is C13H13N3O3S2. The van der Waals surface area contributed by atoms with E-state index >= 15 is 0 Å². The normalized spacial score (nSPS) is 10.4. The Morgan fingerprint density at radius 2 is 2.24 bits per heavy atom. The first-order valence-electron chi connectivity index (χ1n) is 6.06. The number of hydrogen-bond acceptors (Lipinski definition) is 6. The van der Waals surface area contributed by atoms with Crippen molar-refractivity contribution in [1.29, 1.82) is 0 Å². The number of hydrogen-bond donors (Lipinski definition) is 1. The molecule has 0 saturated carbocycles. The highest BCUT2D eigenvalue weighted by atomic mass is 32.2. The smallest absolute Gasteiger partial charge is 0.274 e. The molecule has 1 heterocycles. The number of amides is 1. The summed E-state index contributed by atoms with van der Waals surface area (Å²) in [5.74, 6) is 0.00573. The van der Waals surface area contributed by atoms with E-state index in [0.717, 1.165) is 10.0 Å². The fraction of sp³-hybridized carbons (Fsp3) is 0.231. The van der Waals surface area contributed by atoms with Crippen molar-refractivity contribution in [3.63, 3.8) is 0 Å². The maximum atomic E-state index is 11.9. The molecule has 0 aliphatic carbocycles. The number of anilines is 1. The van der Waals surface area contributed by atoms with Crippen LogP contribution in [0.4, 0.5) is 11.4 Å². The van der Waals surface area contributed by atoms with Crippen LogP contribution in [-0.4, -0.2) is 21.6 Å². The number of nitrogens with one attached hydrogen (secondary N) is 1. The molecule has 0 radical (unpaired) electrons. The summed E-state index contributed by atoms with van der Waals surface area (Å²) in [4.78, 5) is 26.6. The van der Waals surface area contributed by atoms with E-state index in [1.54, 1.807) is 19.1 Å². The zero-order chi connectivity index (χ0) is 15.4. The number of carbonyl (C=O) groups excluding carboxylic acids is 1. The molecule has 1 amide bonds. The quantitative estimate of drug-likeness (QED) is 0.518. The maximum absolute atomic E-state index is 11.9. The third-order valence-corrected chi connectivity index (χ3v) is 4.84. The Bertz CT molecular complexity index is 685. The molecule has 21 heavy (non-hydrogen) atoms. The summed E-state index contributed by atoms with van der Waals surface area (Å²) in [6.45, 7) is 3.51. The van der Waals surface area contributed by atoms with Gasteiger partial charge in [0.2, 0.25) is 5.91 Å². The number of rotatable bonds is 5. The number of aryl methyl sites for hydroxylation is 1. The monoisotopic (exact) mass is 323 g/mol. The number of benzene rings is 1. The largest absolute Gasteiger partial charge is 0.325 e. The molecule has 0 bridgehead atoms. The maximum Gasteiger partial charge on any atom is 0.274 e. The van der Waals surface area contributed by atoms with Gasteiger partial charge in [0.15, 0.2) is 4.34 Å². The van der Waals surface area contributed by atoms with Gasteiger partial charge < -0.3 is 5.32 Å². The predicted molar refractivity (Wildman–Crippen MR) is 84.0 cm³/mol. The Balaban J connectivity index is 1.99. The van der Waals surface area contributed by atoms with Gasteiger partial charge in [-0.05, 0) is 19.9 Å². The van der Waals surface area contributed by atoms with E-state index in [1.807, 2.05) is 12.3 Å². The van der Waals surface area contributed by atoms with Crippen LogP contribution in [-0.2, 0) is 4.79 Å². The summed E-state index contributed by atoms with van der Waals surface area (Å²) < 4.78 is 0.832. The van der Waals surface area contributed by atoms with E-state index in [9.17, 15) is 14.9 Å². The fourth-order valence-corrected chi connectivity index (χ4v) is 3.32. The van der Waals surface area contributed by atoms with Crippen LogP contribution in [0.3, 0.4) is 0 Å². The van der Waals surface area contributed by atoms with Crippen molar-refractivity contribution < 1.29 is 9.72 Å². The second-order valence-electron chi connectivity index (χ2n) is 4.30. The predicted octanol–water partition coefficient (Wildman–Crippen LogP) is 3.40. The van der Waals surface area contributed by atoms with Crippen molar-refractivity contribution in [2.45, 2.75) is 18.2 Å². The first kappa shape index (κ1) is 15.5. The summed E-state index contributed by atoms with van der Waals surface area (Å²) in [6.07, 6.45) is 0. The van der Waals surface area contributed by atoms with Gasteiger partial charge in [-0.25, -0.2) is 4.98 Å². The van der Waals surface area contributed by atoms with Crippen molar-refractivity contribution in [2.75, 3.05) is 11.1 Å². The van der Waals surface area contributed by atoms with Gasteiger partial charge in [0.25, 0.3) is 5.69 Å². The van der Waals surface area contributed by atoms with Gasteiger partial charge in [-0.1, -0.05) is 17.8 Å². The summed E-state index contributed by atoms with van der Waals surface area (Å²) in [6, 6.07) is 4.62. The van der Waals surface area contributed by atoms with Crippen LogP contribution >= 0.6 is 23.1 Å². The molecule has 0 saturated heterocycles. The van der Waals surface area contributed by atoms with E-state index in [4.69, 9.17) is 0 Å². The Labute approximate surface area is 129 Å². The summed E-state index contributed by atoms with van der Waals surface area (Å²) in [5.41, 5.74) is 1.84. The molecule has 0 unspecified atom stereocenters. The number of nitrogens with zero attached hydrogens (tertiary/aromatic N) is 2. The summed E-state index contributed by atoms with van der Waals surface area (Å²) >= 11 is 2.84. The van der Waals surface area contributed by atoms with Crippen LogP contribution in [0.1, 0.15) is 11.3 Å². The Hall–Kier alpha value is -1.93. The van der Waals surface area contributed by atoms with Gasteiger partial charge in [0.05, 0.1) is 21.9 Å². The average Bonchev–Trinajstić information content (AvgIpc) is 2.84. The van der Waals surface area contributed by atoms with Crippen molar-refractivity contribution >= 4 is 40.4 Å². The Kier molecular flexibility index (Phi) is 4.92. The van der Waals surface area contributed by atoms with Gasteiger partial charge in [0.1, 0.15) is 0 Å². The zero-order valence-electron chi connectivity index (χ0n) is 11.5. The number of nitro groups is 1. The standard InChI is InChI=1S/C13H13N3O3S2/c1-8-6-20-13(14-8)21-7-12(17)15-10-4-3-5-11(9(10)2)16(18)19/h3-6H,7H2,1-2H3,(H,15,17). The highest BCUT2D eigenvalue weighted by Gasteiger charge is 2.15. The lowest BCUT2D eigenvalue weighted by molar-refractivity contribution is -0.385. The Morgan fingerprint density at radius 1 is 1.48 bits per heavy atom. The highest BCUT2D eigenvalue weighted by molar-refractivity contribution is 8.01. The first-order chi connectivity index (χ1) is 9.97. The lowest BCUT2D eigenvalue weighted by atomic mass is 10.1. The van der Waals surface area contributed by atoms with Crippen molar-refractivity contribution in [3.8, 4) is 0 Å². The number of thioether (sulfide) groups is 1. The van der Waals surface area contributed by atoms with Gasteiger partial charge in [0, 0.05) is 17.1 Å². The molecule has 2 rings (SSSR count). The lowest BCUT2D eigenvalue weighted by Crippen LogP contribution is -2.15. The number of nitro benzene ring substituents is 1. The Morgan fingerprint density at radius 3 is 2.86 bits per heavy atom. The zero-order valence-corrected chi connectivity index (χ0v) is 13.1. The lowest BCUT2D eigenvalue weighted by Gasteiger charge is -2.07.